The van der Waals surface area contributed by atoms with Gasteiger partial charge in [0.2, 0.25) is 17.9 Å². The number of aromatic nitrogens is 4. The monoisotopic (exact) mass is 559 g/mol. The molecule has 0 radical (unpaired) electrons. The minimum Gasteiger partial charge on any atom is -0.790 e. The van der Waals surface area contributed by atoms with E-state index in [9.17, 15) is 29.4 Å². The molecular formula is C18H20N5Na2O11P. The third-order valence-electron chi connectivity index (χ3n) is 4.89. The maximum Gasteiger partial charge on any atom is 1.00 e. The SMILES string of the molecule is Nc1nc2c(c(=O)[nH]1)n(Cc1ccccc1)c[n+]2[C@@H]1O[C@H](COP(=O)([O-])[O-])[C@@H](O)[C@H]1O.O=C([O-])O.[Na+].[Na+]. The Morgan fingerprint density at radius 1 is 1.24 bits per heavy atom. The van der Waals surface area contributed by atoms with E-state index in [2.05, 4.69) is 14.5 Å². The number of ether oxygens (including phenoxy) is 1. The molecule has 1 aromatic carbocycles. The van der Waals surface area contributed by atoms with Crippen molar-refractivity contribution >= 4 is 31.1 Å². The maximum atomic E-state index is 12.6. The molecule has 1 fully saturated rings. The second kappa shape index (κ2) is 14.1. The van der Waals surface area contributed by atoms with E-state index >= 15 is 0 Å². The first kappa shape index (κ1) is 33.7. The number of phosphoric acid groups is 1. The predicted molar refractivity (Wildman–Crippen MR) is 108 cm³/mol. The fourth-order valence-corrected chi connectivity index (χ4v) is 3.85. The van der Waals surface area contributed by atoms with Crippen LogP contribution in [0, 0.1) is 0 Å². The summed E-state index contributed by atoms with van der Waals surface area (Å²) in [7, 11) is -5.30. The number of hydrogen-bond donors (Lipinski definition) is 5. The molecule has 3 heterocycles. The van der Waals surface area contributed by atoms with E-state index in [0.717, 1.165) is 5.56 Å². The number of nitrogens with zero attached hydrogens (tertiary/aromatic N) is 3. The van der Waals surface area contributed by atoms with E-state index in [4.69, 9.17) is 25.5 Å². The second-order valence-electron chi connectivity index (χ2n) is 7.31. The third-order valence-corrected chi connectivity index (χ3v) is 5.36. The minimum absolute atomic E-state index is 0. The maximum absolute atomic E-state index is 12.6. The zero-order chi connectivity index (χ0) is 25.9. The summed E-state index contributed by atoms with van der Waals surface area (Å²) >= 11 is 0. The van der Waals surface area contributed by atoms with E-state index in [1.165, 1.54) is 10.9 Å². The zero-order valence-corrected chi connectivity index (χ0v) is 24.6. The van der Waals surface area contributed by atoms with Crippen molar-refractivity contribution in [1.82, 2.24) is 14.5 Å². The van der Waals surface area contributed by atoms with E-state index in [1.54, 1.807) is 4.57 Å². The summed E-state index contributed by atoms with van der Waals surface area (Å²) in [5.41, 5.74) is 6.25. The standard InChI is InChI=1S/C17H20N5O8P.CH2O3.2Na/c18-17-19-14-11(15(25)20-17)21(6-9-4-2-1-3-5-9)8-22(14)16-13(24)12(23)10(30-16)7-29-31(26,27)28;2-1(3)4;;/h1-5,8,10,12-13,16,23-24H,6-7H2,(H4-,18,19,20,25,26,27,28);(H2,2,3,4);;/q;;2*+1/p-2/t10-,12-,13-,16-;;;/m1.../s1. The van der Waals surface area contributed by atoms with Crippen molar-refractivity contribution in [3.63, 3.8) is 0 Å². The van der Waals surface area contributed by atoms with E-state index in [0.29, 0.717) is 0 Å². The van der Waals surface area contributed by atoms with Gasteiger partial charge in [0.1, 0.15) is 18.3 Å². The predicted octanol–water partition coefficient (Wildman–Crippen LogP) is -10.00. The number of carboxylic acid groups (broad SMARTS) is 2. The molecule has 0 unspecified atom stereocenters. The van der Waals surface area contributed by atoms with Gasteiger partial charge in [0, 0.05) is 0 Å². The van der Waals surface area contributed by atoms with Crippen LogP contribution in [0.15, 0.2) is 41.5 Å². The number of rotatable bonds is 6. The van der Waals surface area contributed by atoms with Gasteiger partial charge in [0.05, 0.1) is 21.0 Å². The smallest absolute Gasteiger partial charge is 0.790 e. The molecule has 3 aromatic rings. The number of aliphatic hydroxyl groups is 2. The Hall–Kier alpha value is -1.37. The summed E-state index contributed by atoms with van der Waals surface area (Å²) < 4.78 is 23.3. The Labute approximate surface area is 252 Å². The van der Waals surface area contributed by atoms with Gasteiger partial charge in [0.15, 0.2) is 6.33 Å². The number of fused-ring (bicyclic) bond motifs is 1. The molecule has 0 aliphatic carbocycles. The average Bonchev–Trinajstić information content (AvgIpc) is 3.24. The van der Waals surface area contributed by atoms with E-state index in [1.807, 2.05) is 30.3 Å². The molecule has 4 atom stereocenters. The zero-order valence-electron chi connectivity index (χ0n) is 19.7. The number of aromatic amines is 1. The number of hydrogen-bond acceptors (Lipinski definition) is 12. The van der Waals surface area contributed by atoms with Crippen molar-refractivity contribution in [1.29, 1.82) is 0 Å². The van der Waals surface area contributed by atoms with Crippen molar-refractivity contribution < 1.29 is 113 Å². The first-order chi connectivity index (χ1) is 16.4. The number of anilines is 1. The van der Waals surface area contributed by atoms with Gasteiger partial charge in [-0.3, -0.25) is 14.3 Å². The number of nitrogens with two attached hydrogens (primary N) is 1. The Morgan fingerprint density at radius 2 is 1.84 bits per heavy atom. The minimum atomic E-state index is -5.30. The van der Waals surface area contributed by atoms with Crippen molar-refractivity contribution in [3.05, 3.63) is 52.6 Å². The number of carbonyl (C=O) groups is 1. The Kier molecular flexibility index (Phi) is 12.9. The average molecular weight is 559 g/mol. The molecule has 37 heavy (non-hydrogen) atoms. The summed E-state index contributed by atoms with van der Waals surface area (Å²) in [6.45, 7) is -0.495. The quantitative estimate of drug-likeness (QED) is 0.107. The fourth-order valence-electron chi connectivity index (χ4n) is 3.52. The van der Waals surface area contributed by atoms with Crippen LogP contribution in [0.1, 0.15) is 11.8 Å². The van der Waals surface area contributed by atoms with Gasteiger partial charge in [-0.1, -0.05) is 35.3 Å². The second-order valence-corrected chi connectivity index (χ2v) is 8.47. The van der Waals surface area contributed by atoms with Crippen molar-refractivity contribution in [2.24, 2.45) is 0 Å². The molecule has 1 saturated heterocycles. The number of phosphoric ester groups is 1. The van der Waals surface area contributed by atoms with Crippen molar-refractivity contribution in [2.45, 2.75) is 31.1 Å². The van der Waals surface area contributed by atoms with Crippen LogP contribution in [0.2, 0.25) is 0 Å². The Bertz CT molecular complexity index is 1300. The molecule has 2 aromatic heterocycles. The van der Waals surface area contributed by atoms with Gasteiger partial charge in [-0.2, -0.15) is 0 Å². The topological polar surface area (TPSA) is 263 Å². The van der Waals surface area contributed by atoms with Crippen LogP contribution in [0.25, 0.3) is 11.2 Å². The molecular weight excluding hydrogens is 539 g/mol. The fraction of sp³-hybridized carbons (Fsp3) is 0.333. The van der Waals surface area contributed by atoms with Crippen LogP contribution in [-0.2, 0) is 20.4 Å². The van der Waals surface area contributed by atoms with Crippen LogP contribution >= 0.6 is 7.82 Å². The normalized spacial score (nSPS) is 20.9. The van der Waals surface area contributed by atoms with Gasteiger partial charge in [-0.25, -0.2) is 4.57 Å². The molecule has 0 saturated carbocycles. The van der Waals surface area contributed by atoms with E-state index in [-0.39, 0.29) is 82.8 Å². The van der Waals surface area contributed by atoms with E-state index < -0.39 is 50.7 Å². The first-order valence-electron chi connectivity index (χ1n) is 9.79. The molecule has 6 N–H and O–H groups in total. The van der Waals surface area contributed by atoms with Crippen LogP contribution in [0.4, 0.5) is 10.7 Å². The third kappa shape index (κ3) is 8.83. The van der Waals surface area contributed by atoms with Crippen LogP contribution in [0.5, 0.6) is 0 Å². The van der Waals surface area contributed by atoms with Gasteiger partial charge in [0.25, 0.3) is 11.5 Å². The molecule has 0 bridgehead atoms. The largest absolute Gasteiger partial charge is 1.00 e. The molecule has 1 aliphatic rings. The van der Waals surface area contributed by atoms with Crippen LogP contribution in [-0.4, -0.2) is 60.9 Å². The summed E-state index contributed by atoms with van der Waals surface area (Å²) in [6, 6.07) is 9.24. The van der Waals surface area contributed by atoms with Gasteiger partial charge < -0.3 is 54.6 Å². The molecule has 4 rings (SSSR count). The number of benzene rings is 1. The van der Waals surface area contributed by atoms with Gasteiger partial charge in [-0.05, 0) is 5.56 Å². The number of nitrogens with one attached hydrogen (secondary N) is 1. The summed E-state index contributed by atoms with van der Waals surface area (Å²) in [5, 5.41) is 36.0. The Morgan fingerprint density at radius 3 is 2.41 bits per heavy atom. The number of H-pyrrole nitrogens is 1. The number of aliphatic hydroxyl groups excluding tert-OH is 2. The summed E-state index contributed by atoms with van der Waals surface area (Å²) in [4.78, 5) is 49.0. The number of imidazole rings is 1. The van der Waals surface area contributed by atoms with Crippen molar-refractivity contribution in [3.8, 4) is 0 Å². The van der Waals surface area contributed by atoms with Gasteiger partial charge >= 0.3 is 64.8 Å². The van der Waals surface area contributed by atoms with Crippen LogP contribution in [0.3, 0.4) is 0 Å². The molecule has 16 nitrogen and oxygen atoms in total. The Balaban J connectivity index is 0.00000107. The molecule has 190 valence electrons. The number of nitrogen functional groups attached to an aromatic ring is 1. The molecule has 0 amide bonds. The summed E-state index contributed by atoms with van der Waals surface area (Å²) in [5.74, 6) is -0.171. The molecule has 1 aliphatic heterocycles. The van der Waals surface area contributed by atoms with Gasteiger partial charge in [-0.15, -0.1) is 0 Å². The van der Waals surface area contributed by atoms with Crippen LogP contribution < -0.4 is 89.9 Å². The van der Waals surface area contributed by atoms with Crippen molar-refractivity contribution in [2.75, 3.05) is 12.3 Å². The summed E-state index contributed by atoms with van der Waals surface area (Å²) in [6.07, 6.45) is -6.27. The first-order valence-corrected chi connectivity index (χ1v) is 11.2. The molecule has 19 heteroatoms. The molecule has 0 spiro atoms.